The summed E-state index contributed by atoms with van der Waals surface area (Å²) >= 11 is 7.34. The Bertz CT molecular complexity index is 1590. The molecule has 0 N–H and O–H groups in total. The number of hydrogen-bond donors (Lipinski definition) is 0. The van der Waals surface area contributed by atoms with Crippen molar-refractivity contribution < 1.29 is 23.8 Å². The molecule has 3 aromatic rings. The second-order valence-corrected chi connectivity index (χ2v) is 9.54. The van der Waals surface area contributed by atoms with Gasteiger partial charge in [0.1, 0.15) is 0 Å². The molecule has 0 bridgehead atoms. The number of rotatable bonds is 7. The summed E-state index contributed by atoms with van der Waals surface area (Å²) in [4.78, 5) is 43.4. The van der Waals surface area contributed by atoms with Crippen LogP contribution >= 0.6 is 22.9 Å². The van der Waals surface area contributed by atoms with E-state index in [9.17, 15) is 14.4 Å². The second kappa shape index (κ2) is 11.1. The normalized spacial score (nSPS) is 15.2. The molecule has 1 atom stereocenters. The average Bonchev–Trinajstić information content (AvgIpc) is 3.13. The monoisotopic (exact) mass is 540 g/mol. The number of ether oxygens (including phenoxy) is 3. The van der Waals surface area contributed by atoms with Crippen LogP contribution in [0.5, 0.6) is 11.5 Å². The standard InChI is InChI=1S/C27H25ClN2O6S/c1-5-34-21-14-18(10-11-20(21)36-16(4)31)24-23(26(33)35-6-2)15(3)29-27-30(24)25(32)22(37-27)13-17-8-7-9-19(28)12-17/h7-14,24H,5-6H2,1-4H3/b22-13-. The quantitative estimate of drug-likeness (QED) is 0.334. The van der Waals surface area contributed by atoms with Crippen LogP contribution in [0.3, 0.4) is 0 Å². The maximum atomic E-state index is 13.7. The molecule has 192 valence electrons. The predicted octanol–water partition coefficient (Wildman–Crippen LogP) is 3.78. The lowest BCUT2D eigenvalue weighted by Gasteiger charge is -2.25. The fraction of sp³-hybridized carbons (Fsp3) is 0.259. The molecule has 10 heteroatoms. The molecule has 1 unspecified atom stereocenters. The van der Waals surface area contributed by atoms with Crippen molar-refractivity contribution in [2.45, 2.75) is 33.7 Å². The number of hydrogen-bond acceptors (Lipinski definition) is 8. The van der Waals surface area contributed by atoms with Gasteiger partial charge in [-0.05, 0) is 62.2 Å². The smallest absolute Gasteiger partial charge is 0.338 e. The fourth-order valence-electron chi connectivity index (χ4n) is 4.06. The number of halogens is 1. The van der Waals surface area contributed by atoms with Gasteiger partial charge in [0.2, 0.25) is 0 Å². The van der Waals surface area contributed by atoms with Gasteiger partial charge in [-0.1, -0.05) is 41.1 Å². The topological polar surface area (TPSA) is 96.2 Å². The third-order valence-electron chi connectivity index (χ3n) is 5.50. The number of benzene rings is 2. The van der Waals surface area contributed by atoms with Crippen LogP contribution in [0.2, 0.25) is 5.02 Å². The summed E-state index contributed by atoms with van der Waals surface area (Å²) in [5.74, 6) is -0.510. The molecule has 37 heavy (non-hydrogen) atoms. The van der Waals surface area contributed by atoms with Gasteiger partial charge in [-0.3, -0.25) is 14.2 Å². The molecule has 1 aliphatic rings. The Kier molecular flexibility index (Phi) is 7.94. The summed E-state index contributed by atoms with van der Waals surface area (Å²) < 4.78 is 18.3. The van der Waals surface area contributed by atoms with Crippen LogP contribution in [-0.2, 0) is 14.3 Å². The highest BCUT2D eigenvalue weighted by Gasteiger charge is 2.34. The van der Waals surface area contributed by atoms with Gasteiger partial charge in [0.05, 0.1) is 35.1 Å². The molecule has 2 aromatic carbocycles. The van der Waals surface area contributed by atoms with Crippen LogP contribution in [0.1, 0.15) is 44.9 Å². The molecule has 1 aliphatic heterocycles. The Morgan fingerprint density at radius 3 is 2.59 bits per heavy atom. The second-order valence-electron chi connectivity index (χ2n) is 8.09. The molecule has 4 rings (SSSR count). The SMILES string of the molecule is CCOC(=O)C1=C(C)N=c2s/c(=C\c3cccc(Cl)c3)c(=O)n2C1c1ccc(OC(C)=O)c(OCC)c1. The van der Waals surface area contributed by atoms with Crippen molar-refractivity contribution in [1.82, 2.24) is 4.57 Å². The Labute approximate surface area is 222 Å². The first-order valence-electron chi connectivity index (χ1n) is 11.6. The van der Waals surface area contributed by atoms with E-state index in [4.69, 9.17) is 25.8 Å². The number of nitrogens with zero attached hydrogens (tertiary/aromatic N) is 2. The van der Waals surface area contributed by atoms with Crippen LogP contribution in [0.15, 0.2) is 63.5 Å². The molecule has 8 nitrogen and oxygen atoms in total. The number of esters is 2. The molecule has 0 spiro atoms. The summed E-state index contributed by atoms with van der Waals surface area (Å²) in [6.07, 6.45) is 1.74. The van der Waals surface area contributed by atoms with Crippen molar-refractivity contribution in [1.29, 1.82) is 0 Å². The van der Waals surface area contributed by atoms with E-state index in [1.807, 2.05) is 6.07 Å². The first-order chi connectivity index (χ1) is 17.7. The van der Waals surface area contributed by atoms with Gasteiger partial charge in [0.15, 0.2) is 16.3 Å². The molecule has 1 aromatic heterocycles. The van der Waals surface area contributed by atoms with Crippen molar-refractivity contribution in [3.63, 3.8) is 0 Å². The highest BCUT2D eigenvalue weighted by Crippen LogP contribution is 2.36. The molecule has 0 saturated heterocycles. The lowest BCUT2D eigenvalue weighted by molar-refractivity contribution is -0.139. The van der Waals surface area contributed by atoms with E-state index >= 15 is 0 Å². The zero-order valence-electron chi connectivity index (χ0n) is 20.7. The van der Waals surface area contributed by atoms with Gasteiger partial charge in [-0.2, -0.15) is 0 Å². The van der Waals surface area contributed by atoms with Crippen LogP contribution < -0.4 is 24.4 Å². The first kappa shape index (κ1) is 26.4. The summed E-state index contributed by atoms with van der Waals surface area (Å²) in [6, 6.07) is 11.3. The minimum Gasteiger partial charge on any atom is -0.490 e. The summed E-state index contributed by atoms with van der Waals surface area (Å²) in [6.45, 7) is 7.01. The average molecular weight is 541 g/mol. The van der Waals surface area contributed by atoms with Crippen molar-refractivity contribution in [3.05, 3.63) is 89.6 Å². The minimum atomic E-state index is -0.831. The predicted molar refractivity (Wildman–Crippen MR) is 141 cm³/mol. The maximum Gasteiger partial charge on any atom is 0.338 e. The van der Waals surface area contributed by atoms with Crippen LogP contribution in [0.4, 0.5) is 0 Å². The number of fused-ring (bicyclic) bond motifs is 1. The molecular formula is C27H25ClN2O6S. The maximum absolute atomic E-state index is 13.7. The molecule has 0 aliphatic carbocycles. The number of aromatic nitrogens is 1. The summed E-state index contributed by atoms with van der Waals surface area (Å²) in [5.41, 5.74) is 1.71. The van der Waals surface area contributed by atoms with Gasteiger partial charge in [-0.25, -0.2) is 9.79 Å². The minimum absolute atomic E-state index is 0.164. The molecular weight excluding hydrogens is 516 g/mol. The lowest BCUT2D eigenvalue weighted by Crippen LogP contribution is -2.40. The zero-order chi connectivity index (χ0) is 26.7. The molecule has 2 heterocycles. The number of carbonyl (C=O) groups is 2. The van der Waals surface area contributed by atoms with E-state index < -0.39 is 18.0 Å². The van der Waals surface area contributed by atoms with E-state index in [0.29, 0.717) is 38.0 Å². The fourth-order valence-corrected chi connectivity index (χ4v) is 5.30. The van der Waals surface area contributed by atoms with Crippen LogP contribution in [0.25, 0.3) is 6.08 Å². The first-order valence-corrected chi connectivity index (χ1v) is 12.8. The third kappa shape index (κ3) is 5.52. The Morgan fingerprint density at radius 1 is 1.14 bits per heavy atom. The van der Waals surface area contributed by atoms with E-state index in [2.05, 4.69) is 4.99 Å². The highest BCUT2D eigenvalue weighted by atomic mass is 35.5. The van der Waals surface area contributed by atoms with Crippen LogP contribution in [-0.4, -0.2) is 29.7 Å². The lowest BCUT2D eigenvalue weighted by atomic mass is 9.95. The molecule has 0 fully saturated rings. The Morgan fingerprint density at radius 2 is 1.92 bits per heavy atom. The Hall–Kier alpha value is -3.69. The zero-order valence-corrected chi connectivity index (χ0v) is 22.3. The molecule has 0 amide bonds. The van der Waals surface area contributed by atoms with Crippen molar-refractivity contribution in [3.8, 4) is 11.5 Å². The largest absolute Gasteiger partial charge is 0.490 e. The van der Waals surface area contributed by atoms with Gasteiger partial charge in [0.25, 0.3) is 5.56 Å². The number of allylic oxidation sites excluding steroid dienone is 1. The Balaban J connectivity index is 1.95. The summed E-state index contributed by atoms with van der Waals surface area (Å²) in [5, 5.41) is 0.552. The van der Waals surface area contributed by atoms with E-state index in [0.717, 1.165) is 5.56 Å². The number of carbonyl (C=O) groups excluding carboxylic acids is 2. The van der Waals surface area contributed by atoms with E-state index in [-0.39, 0.29) is 23.5 Å². The summed E-state index contributed by atoms with van der Waals surface area (Å²) in [7, 11) is 0. The van der Waals surface area contributed by atoms with Gasteiger partial charge in [-0.15, -0.1) is 0 Å². The number of thiazole rings is 1. The van der Waals surface area contributed by atoms with Gasteiger partial charge in [0, 0.05) is 11.9 Å². The third-order valence-corrected chi connectivity index (χ3v) is 6.72. The van der Waals surface area contributed by atoms with Gasteiger partial charge >= 0.3 is 11.9 Å². The van der Waals surface area contributed by atoms with Crippen molar-refractivity contribution in [2.75, 3.05) is 13.2 Å². The highest BCUT2D eigenvalue weighted by molar-refractivity contribution is 7.07. The van der Waals surface area contributed by atoms with Crippen molar-refractivity contribution >= 4 is 41.0 Å². The van der Waals surface area contributed by atoms with Gasteiger partial charge < -0.3 is 14.2 Å². The molecule has 0 radical (unpaired) electrons. The molecule has 0 saturated carbocycles. The van der Waals surface area contributed by atoms with E-state index in [1.54, 1.807) is 63.2 Å². The van der Waals surface area contributed by atoms with E-state index in [1.165, 1.54) is 22.8 Å². The van der Waals surface area contributed by atoms with Crippen molar-refractivity contribution in [2.24, 2.45) is 4.99 Å². The van der Waals surface area contributed by atoms with Crippen LogP contribution in [0, 0.1) is 0 Å².